The van der Waals surface area contributed by atoms with Crippen LogP contribution in [-0.2, 0) is 13.0 Å². The van der Waals surface area contributed by atoms with Crippen molar-refractivity contribution in [1.29, 1.82) is 0 Å². The summed E-state index contributed by atoms with van der Waals surface area (Å²) >= 11 is 0. The molecule has 5 heteroatoms. The monoisotopic (exact) mass is 317 g/mol. The second kappa shape index (κ2) is 6.66. The molecule has 0 atom stereocenters. The zero-order chi connectivity index (χ0) is 16.2. The number of nitrogens with zero attached hydrogens (tertiary/aromatic N) is 4. The maximum Gasteiger partial charge on any atom is 0.231 e. The Bertz CT molecular complexity index is 819. The third kappa shape index (κ3) is 3.06. The molecule has 4 rings (SSSR count). The topological polar surface area (TPSA) is 53.9 Å². The van der Waals surface area contributed by atoms with Crippen LogP contribution in [0.4, 0.5) is 17.5 Å². The Kier molecular flexibility index (Phi) is 4.06. The molecule has 3 aromatic rings. The molecule has 0 fully saturated rings. The summed E-state index contributed by atoms with van der Waals surface area (Å²) in [6.45, 7) is 1.67. The lowest BCUT2D eigenvalue weighted by Gasteiger charge is -2.29. The van der Waals surface area contributed by atoms with Crippen molar-refractivity contribution < 1.29 is 0 Å². The molecule has 120 valence electrons. The molecule has 0 bridgehead atoms. The first-order valence-electron chi connectivity index (χ1n) is 8.21. The number of pyridine rings is 1. The number of aryl methyl sites for hydroxylation is 1. The van der Waals surface area contributed by atoms with Gasteiger partial charge < -0.3 is 10.2 Å². The van der Waals surface area contributed by atoms with E-state index >= 15 is 0 Å². The fourth-order valence-electron chi connectivity index (χ4n) is 3.01. The molecule has 1 aromatic carbocycles. The minimum absolute atomic E-state index is 0.718. The molecule has 5 nitrogen and oxygen atoms in total. The summed E-state index contributed by atoms with van der Waals surface area (Å²) in [7, 11) is 0. The molecule has 0 amide bonds. The summed E-state index contributed by atoms with van der Waals surface area (Å²) in [4.78, 5) is 15.4. The fourth-order valence-corrected chi connectivity index (χ4v) is 3.01. The first-order valence-corrected chi connectivity index (χ1v) is 8.21. The van der Waals surface area contributed by atoms with Crippen LogP contribution in [0.25, 0.3) is 0 Å². The van der Waals surface area contributed by atoms with Crippen LogP contribution in [0, 0.1) is 0 Å². The van der Waals surface area contributed by atoms with E-state index in [4.69, 9.17) is 4.98 Å². The van der Waals surface area contributed by atoms with Gasteiger partial charge in [0.1, 0.15) is 5.82 Å². The lowest BCUT2D eigenvalue weighted by molar-refractivity contribution is 0.750. The van der Waals surface area contributed by atoms with Crippen molar-refractivity contribution in [3.63, 3.8) is 0 Å². The van der Waals surface area contributed by atoms with E-state index < -0.39 is 0 Å². The fraction of sp³-hybridized carbons (Fsp3) is 0.211. The summed E-state index contributed by atoms with van der Waals surface area (Å²) in [5, 5.41) is 3.36. The Balaban J connectivity index is 1.55. The van der Waals surface area contributed by atoms with Crippen molar-refractivity contribution in [2.24, 2.45) is 0 Å². The number of anilines is 3. The minimum atomic E-state index is 0.718. The molecule has 0 saturated heterocycles. The summed E-state index contributed by atoms with van der Waals surface area (Å²) in [5.74, 6) is 1.58. The van der Waals surface area contributed by atoms with E-state index in [1.807, 2.05) is 24.4 Å². The number of para-hydroxylation sites is 1. The molecule has 0 saturated carbocycles. The molecule has 0 radical (unpaired) electrons. The zero-order valence-corrected chi connectivity index (χ0v) is 13.4. The van der Waals surface area contributed by atoms with Crippen LogP contribution in [0.15, 0.2) is 61.1 Å². The number of aromatic nitrogens is 3. The van der Waals surface area contributed by atoms with Crippen LogP contribution in [0.3, 0.4) is 0 Å². The van der Waals surface area contributed by atoms with Crippen LogP contribution in [0.1, 0.15) is 17.5 Å². The highest BCUT2D eigenvalue weighted by molar-refractivity contribution is 5.64. The second-order valence-electron chi connectivity index (χ2n) is 5.83. The predicted molar refractivity (Wildman–Crippen MR) is 95.4 cm³/mol. The van der Waals surface area contributed by atoms with Crippen molar-refractivity contribution in [2.75, 3.05) is 16.8 Å². The largest absolute Gasteiger partial charge is 0.366 e. The summed E-state index contributed by atoms with van der Waals surface area (Å²) in [6.07, 6.45) is 7.65. The summed E-state index contributed by atoms with van der Waals surface area (Å²) in [5.41, 5.74) is 3.76. The van der Waals surface area contributed by atoms with Crippen LogP contribution in [0.2, 0.25) is 0 Å². The highest BCUT2D eigenvalue weighted by atomic mass is 15.3. The Morgan fingerprint density at radius 2 is 1.88 bits per heavy atom. The molecule has 1 N–H and O–H groups in total. The smallest absolute Gasteiger partial charge is 0.231 e. The quantitative estimate of drug-likeness (QED) is 0.797. The van der Waals surface area contributed by atoms with E-state index in [1.165, 1.54) is 16.8 Å². The maximum absolute atomic E-state index is 4.70. The van der Waals surface area contributed by atoms with Gasteiger partial charge in [-0.25, -0.2) is 4.98 Å². The number of fused-ring (bicyclic) bond motifs is 1. The van der Waals surface area contributed by atoms with Gasteiger partial charge in [-0.05, 0) is 48.2 Å². The van der Waals surface area contributed by atoms with Gasteiger partial charge in [0.15, 0.2) is 0 Å². The lowest BCUT2D eigenvalue weighted by atomic mass is 10.0. The van der Waals surface area contributed by atoms with Crippen molar-refractivity contribution in [3.8, 4) is 0 Å². The van der Waals surface area contributed by atoms with Crippen LogP contribution in [-0.4, -0.2) is 21.5 Å². The Morgan fingerprint density at radius 1 is 1.00 bits per heavy atom. The average molecular weight is 317 g/mol. The van der Waals surface area contributed by atoms with Crippen molar-refractivity contribution in [2.45, 2.75) is 19.4 Å². The summed E-state index contributed by atoms with van der Waals surface area (Å²) in [6, 6.07) is 14.4. The minimum Gasteiger partial charge on any atom is -0.366 e. The Labute approximate surface area is 141 Å². The molecule has 0 unspecified atom stereocenters. The normalized spacial score (nSPS) is 13.4. The maximum atomic E-state index is 4.70. The van der Waals surface area contributed by atoms with E-state index in [1.54, 1.807) is 12.4 Å². The summed E-state index contributed by atoms with van der Waals surface area (Å²) < 4.78 is 0. The predicted octanol–water partition coefficient (Wildman–Crippen LogP) is 3.57. The number of nitrogens with one attached hydrogen (secondary N) is 1. The van der Waals surface area contributed by atoms with Gasteiger partial charge >= 0.3 is 0 Å². The molecule has 1 aliphatic heterocycles. The number of hydrogen-bond acceptors (Lipinski definition) is 5. The van der Waals surface area contributed by atoms with Gasteiger partial charge in [-0.3, -0.25) is 4.98 Å². The third-order valence-electron chi connectivity index (χ3n) is 4.22. The zero-order valence-electron chi connectivity index (χ0n) is 13.4. The van der Waals surface area contributed by atoms with E-state index in [0.717, 1.165) is 37.7 Å². The molecule has 3 heterocycles. The van der Waals surface area contributed by atoms with E-state index in [0.29, 0.717) is 0 Å². The number of hydrogen-bond donors (Lipinski definition) is 1. The molecule has 1 aliphatic rings. The highest BCUT2D eigenvalue weighted by Crippen LogP contribution is 2.31. The highest BCUT2D eigenvalue weighted by Gasteiger charge is 2.19. The van der Waals surface area contributed by atoms with Crippen LogP contribution in [0.5, 0.6) is 0 Å². The van der Waals surface area contributed by atoms with Gasteiger partial charge in [-0.15, -0.1) is 0 Å². The van der Waals surface area contributed by atoms with Gasteiger partial charge in [0, 0.05) is 37.4 Å². The number of benzene rings is 1. The molecule has 2 aromatic heterocycles. The van der Waals surface area contributed by atoms with E-state index in [-0.39, 0.29) is 0 Å². The second-order valence-corrected chi connectivity index (χ2v) is 5.83. The third-order valence-corrected chi connectivity index (χ3v) is 4.22. The molecular formula is C19H19N5. The van der Waals surface area contributed by atoms with Gasteiger partial charge in [0.2, 0.25) is 5.95 Å². The van der Waals surface area contributed by atoms with Gasteiger partial charge in [0.25, 0.3) is 0 Å². The molecule has 24 heavy (non-hydrogen) atoms. The molecule has 0 aliphatic carbocycles. The number of rotatable bonds is 4. The van der Waals surface area contributed by atoms with Crippen molar-refractivity contribution in [1.82, 2.24) is 15.0 Å². The van der Waals surface area contributed by atoms with E-state index in [2.05, 4.69) is 44.5 Å². The van der Waals surface area contributed by atoms with E-state index in [9.17, 15) is 0 Å². The van der Waals surface area contributed by atoms with Crippen molar-refractivity contribution >= 4 is 17.5 Å². The Morgan fingerprint density at radius 3 is 2.79 bits per heavy atom. The molecule has 0 spiro atoms. The first-order chi connectivity index (χ1) is 11.9. The van der Waals surface area contributed by atoms with Gasteiger partial charge in [0.05, 0.1) is 0 Å². The standard InChI is InChI=1S/C19H19N5/c1-2-6-17-16(4-1)5-3-13-24(17)19-21-12-9-18(23-19)22-14-15-7-10-20-11-8-15/h1-2,4,6-12H,3,5,13-14H2,(H,21,22,23). The van der Waals surface area contributed by atoms with Crippen molar-refractivity contribution in [3.05, 3.63) is 72.2 Å². The average Bonchev–Trinajstić information content (AvgIpc) is 2.67. The first kappa shape index (κ1) is 14.6. The van der Waals surface area contributed by atoms with Gasteiger partial charge in [-0.1, -0.05) is 18.2 Å². The lowest BCUT2D eigenvalue weighted by Crippen LogP contribution is -2.26. The Hall–Kier alpha value is -2.95. The molecular weight excluding hydrogens is 298 g/mol. The van der Waals surface area contributed by atoms with Gasteiger partial charge in [-0.2, -0.15) is 4.98 Å². The SMILES string of the molecule is c1ccc2c(c1)CCCN2c1nccc(NCc2ccncc2)n1. The van der Waals surface area contributed by atoms with Crippen LogP contribution < -0.4 is 10.2 Å². The van der Waals surface area contributed by atoms with Crippen LogP contribution >= 0.6 is 0 Å².